The van der Waals surface area contributed by atoms with Gasteiger partial charge in [0, 0.05) is 12.8 Å². The molecule has 0 bridgehead atoms. The molecule has 0 aliphatic rings. The third kappa shape index (κ3) is 17.4. The molecule has 0 fully saturated rings. The Kier molecular flexibility index (Phi) is 13.1. The molecule has 0 heterocycles. The predicted octanol–water partition coefficient (Wildman–Crippen LogP) is 5.82. The van der Waals surface area contributed by atoms with Gasteiger partial charge in [0.1, 0.15) is 6.10 Å². The van der Waals surface area contributed by atoms with Crippen LogP contribution >= 0.6 is 0 Å². The summed E-state index contributed by atoms with van der Waals surface area (Å²) in [4.78, 5) is 11.7. The molecule has 136 valence electrons. The van der Waals surface area contributed by atoms with E-state index < -0.39 is 0 Å². The number of ether oxygens (including phenoxy) is 2. The van der Waals surface area contributed by atoms with Crippen LogP contribution in [0.25, 0.3) is 0 Å². The van der Waals surface area contributed by atoms with Crippen molar-refractivity contribution >= 4 is 5.97 Å². The average molecular weight is 327 g/mol. The highest BCUT2D eigenvalue weighted by molar-refractivity contribution is 5.69. The van der Waals surface area contributed by atoms with E-state index in [-0.39, 0.29) is 17.7 Å². The fourth-order valence-corrected chi connectivity index (χ4v) is 2.22. The highest BCUT2D eigenvalue weighted by Crippen LogP contribution is 2.11. The summed E-state index contributed by atoms with van der Waals surface area (Å²) in [6.07, 6.45) is 13.8. The molecule has 23 heavy (non-hydrogen) atoms. The number of carbonyl (C=O) groups excluding carboxylic acids is 1. The van der Waals surface area contributed by atoms with E-state index >= 15 is 0 Å². The van der Waals surface area contributed by atoms with Crippen LogP contribution in [0.3, 0.4) is 0 Å². The molecule has 0 saturated heterocycles. The quantitative estimate of drug-likeness (QED) is 0.243. The van der Waals surface area contributed by atoms with Crippen molar-refractivity contribution in [3.63, 3.8) is 0 Å². The molecule has 1 unspecified atom stereocenters. The van der Waals surface area contributed by atoms with E-state index in [2.05, 4.69) is 19.1 Å². The minimum Gasteiger partial charge on any atom is -0.463 e. The molecular weight excluding hydrogens is 288 g/mol. The van der Waals surface area contributed by atoms with Gasteiger partial charge in [-0.15, -0.1) is 0 Å². The van der Waals surface area contributed by atoms with Crippen LogP contribution < -0.4 is 0 Å². The van der Waals surface area contributed by atoms with Crippen molar-refractivity contribution in [1.82, 2.24) is 0 Å². The molecule has 0 N–H and O–H groups in total. The van der Waals surface area contributed by atoms with Gasteiger partial charge in [0.05, 0.1) is 12.2 Å². The second kappa shape index (κ2) is 13.6. The molecule has 0 aromatic heterocycles. The van der Waals surface area contributed by atoms with Crippen LogP contribution in [0.5, 0.6) is 0 Å². The molecule has 0 saturated carbocycles. The lowest BCUT2D eigenvalue weighted by Crippen LogP contribution is -2.23. The first-order chi connectivity index (χ1) is 10.8. The van der Waals surface area contributed by atoms with Gasteiger partial charge in [-0.25, -0.2) is 0 Å². The highest BCUT2D eigenvalue weighted by atomic mass is 16.5. The average Bonchev–Trinajstić information content (AvgIpc) is 2.44. The summed E-state index contributed by atoms with van der Waals surface area (Å²) in [6, 6.07) is 0. The Morgan fingerprint density at radius 3 is 2.35 bits per heavy atom. The zero-order valence-electron chi connectivity index (χ0n) is 16.0. The van der Waals surface area contributed by atoms with Crippen LogP contribution in [0.2, 0.25) is 0 Å². The number of hydrogen-bond donors (Lipinski definition) is 0. The van der Waals surface area contributed by atoms with E-state index in [1.54, 1.807) is 0 Å². The molecule has 3 heteroatoms. The van der Waals surface area contributed by atoms with Gasteiger partial charge in [-0.1, -0.05) is 38.3 Å². The maximum atomic E-state index is 11.7. The van der Waals surface area contributed by atoms with E-state index in [1.165, 1.54) is 25.7 Å². The predicted molar refractivity (Wildman–Crippen MR) is 97.6 cm³/mol. The van der Waals surface area contributed by atoms with Crippen molar-refractivity contribution in [3.8, 4) is 0 Å². The Labute approximate surface area is 143 Å². The SMILES string of the molecule is CC/C=C/CCCCCCCC(=O)OC(C)CCOC(C)(C)C. The number of rotatable bonds is 13. The molecule has 0 aromatic rings. The number of hydrogen-bond acceptors (Lipinski definition) is 3. The first-order valence-electron chi connectivity index (χ1n) is 9.33. The fourth-order valence-electron chi connectivity index (χ4n) is 2.22. The van der Waals surface area contributed by atoms with Crippen molar-refractivity contribution in [2.24, 2.45) is 0 Å². The number of esters is 1. The van der Waals surface area contributed by atoms with E-state index in [0.717, 1.165) is 25.7 Å². The molecule has 0 aliphatic carbocycles. The van der Waals surface area contributed by atoms with Crippen LogP contribution in [-0.4, -0.2) is 24.3 Å². The zero-order chi connectivity index (χ0) is 17.6. The van der Waals surface area contributed by atoms with Crippen molar-refractivity contribution in [2.75, 3.05) is 6.61 Å². The minimum atomic E-state index is -0.129. The lowest BCUT2D eigenvalue weighted by atomic mass is 10.1. The molecule has 0 spiro atoms. The third-order valence-electron chi connectivity index (χ3n) is 3.55. The molecule has 0 amide bonds. The largest absolute Gasteiger partial charge is 0.463 e. The van der Waals surface area contributed by atoms with E-state index in [4.69, 9.17) is 9.47 Å². The standard InChI is InChI=1S/C20H38O3/c1-6-7-8-9-10-11-12-13-14-15-19(21)23-18(2)16-17-22-20(3,4)5/h7-8,18H,6,9-17H2,1-5H3/b8-7+. The minimum absolute atomic E-state index is 0.0600. The zero-order valence-corrected chi connectivity index (χ0v) is 16.0. The summed E-state index contributed by atoms with van der Waals surface area (Å²) in [5.41, 5.74) is -0.129. The Morgan fingerprint density at radius 2 is 1.70 bits per heavy atom. The number of unbranched alkanes of at least 4 members (excludes halogenated alkanes) is 5. The summed E-state index contributed by atoms with van der Waals surface area (Å²) >= 11 is 0. The van der Waals surface area contributed by atoms with Crippen LogP contribution in [0.4, 0.5) is 0 Å². The summed E-state index contributed by atoms with van der Waals surface area (Å²) in [7, 11) is 0. The molecule has 0 aliphatic heterocycles. The van der Waals surface area contributed by atoms with Crippen LogP contribution in [-0.2, 0) is 14.3 Å². The maximum absolute atomic E-state index is 11.7. The van der Waals surface area contributed by atoms with Crippen LogP contribution in [0, 0.1) is 0 Å². The molecule has 0 rings (SSSR count). The molecule has 0 aromatic carbocycles. The molecular formula is C20H38O3. The van der Waals surface area contributed by atoms with Crippen LogP contribution in [0.15, 0.2) is 12.2 Å². The van der Waals surface area contributed by atoms with E-state index in [0.29, 0.717) is 13.0 Å². The molecule has 1 atom stereocenters. The topological polar surface area (TPSA) is 35.5 Å². The van der Waals surface area contributed by atoms with Gasteiger partial charge < -0.3 is 9.47 Å². The van der Waals surface area contributed by atoms with E-state index in [1.807, 2.05) is 27.7 Å². The van der Waals surface area contributed by atoms with Crippen molar-refractivity contribution in [1.29, 1.82) is 0 Å². The first-order valence-corrected chi connectivity index (χ1v) is 9.33. The van der Waals surface area contributed by atoms with Gasteiger partial charge in [0.25, 0.3) is 0 Å². The summed E-state index contributed by atoms with van der Waals surface area (Å²) in [5.74, 6) is -0.0702. The smallest absolute Gasteiger partial charge is 0.306 e. The fraction of sp³-hybridized carbons (Fsp3) is 0.850. The molecule has 3 nitrogen and oxygen atoms in total. The summed E-state index contributed by atoms with van der Waals surface area (Å²) in [5, 5.41) is 0. The van der Waals surface area contributed by atoms with Gasteiger partial charge in [-0.3, -0.25) is 4.79 Å². The van der Waals surface area contributed by atoms with Gasteiger partial charge >= 0.3 is 5.97 Å². The summed E-state index contributed by atoms with van der Waals surface area (Å²) < 4.78 is 11.1. The Bertz CT molecular complexity index is 315. The second-order valence-corrected chi connectivity index (χ2v) is 7.24. The Hall–Kier alpha value is -0.830. The monoisotopic (exact) mass is 326 g/mol. The van der Waals surface area contributed by atoms with Gasteiger partial charge in [-0.05, 0) is 53.4 Å². The van der Waals surface area contributed by atoms with Crippen molar-refractivity contribution < 1.29 is 14.3 Å². The second-order valence-electron chi connectivity index (χ2n) is 7.24. The molecule has 0 radical (unpaired) electrons. The lowest BCUT2D eigenvalue weighted by Gasteiger charge is -2.21. The van der Waals surface area contributed by atoms with Gasteiger partial charge in [0.2, 0.25) is 0 Å². The van der Waals surface area contributed by atoms with Crippen molar-refractivity contribution in [2.45, 2.75) is 104 Å². The van der Waals surface area contributed by atoms with Gasteiger partial charge in [-0.2, -0.15) is 0 Å². The first kappa shape index (κ1) is 22.2. The number of allylic oxidation sites excluding steroid dienone is 2. The lowest BCUT2D eigenvalue weighted by molar-refractivity contribution is -0.149. The normalized spacial score (nSPS) is 13.4. The Morgan fingerprint density at radius 1 is 1.04 bits per heavy atom. The van der Waals surface area contributed by atoms with E-state index in [9.17, 15) is 4.79 Å². The van der Waals surface area contributed by atoms with Crippen LogP contribution in [0.1, 0.15) is 92.4 Å². The Balaban J connectivity index is 3.47. The van der Waals surface area contributed by atoms with Crippen molar-refractivity contribution in [3.05, 3.63) is 12.2 Å². The maximum Gasteiger partial charge on any atom is 0.306 e. The summed E-state index contributed by atoms with van der Waals surface area (Å²) in [6.45, 7) is 10.8. The van der Waals surface area contributed by atoms with Gasteiger partial charge in [0.15, 0.2) is 0 Å². The highest BCUT2D eigenvalue weighted by Gasteiger charge is 2.13. The number of carbonyl (C=O) groups is 1. The third-order valence-corrected chi connectivity index (χ3v) is 3.55.